The van der Waals surface area contributed by atoms with Crippen molar-refractivity contribution in [2.24, 2.45) is 0 Å². The Labute approximate surface area is 73.5 Å². The van der Waals surface area contributed by atoms with Crippen molar-refractivity contribution in [3.05, 3.63) is 0 Å². The Balaban J connectivity index is 3.14. The number of carbonyl (C=O) groups excluding carboxylic acids is 1. The average Bonchev–Trinajstić information content (AvgIpc) is 2.05. The predicted octanol–water partition coefficient (Wildman–Crippen LogP) is 0.378. The second-order valence-corrected chi connectivity index (χ2v) is 2.73. The molecule has 0 aromatic heterocycles. The molecule has 66 valence electrons. The number of carbonyl (C=O) groups is 1. The maximum atomic E-state index is 10.3. The molecule has 0 aliphatic heterocycles. The van der Waals surface area contributed by atoms with Crippen molar-refractivity contribution in [2.75, 3.05) is 13.6 Å². The van der Waals surface area contributed by atoms with Gasteiger partial charge in [-0.05, 0) is 26.4 Å². The van der Waals surface area contributed by atoms with Crippen LogP contribution in [0.5, 0.6) is 0 Å². The second kappa shape index (κ2) is 8.04. The summed E-state index contributed by atoms with van der Waals surface area (Å²) in [6.45, 7) is 1.01. The first kappa shape index (κ1) is 10.9. The van der Waals surface area contributed by atoms with Crippen molar-refractivity contribution in [1.29, 1.82) is 0 Å². The van der Waals surface area contributed by atoms with E-state index in [0.29, 0.717) is 0 Å². The van der Waals surface area contributed by atoms with Gasteiger partial charge in [0.25, 0.3) is 0 Å². The Hall–Kier alpha value is -0.0600. The van der Waals surface area contributed by atoms with E-state index in [1.165, 1.54) is 0 Å². The molecule has 0 aliphatic carbocycles. The number of nitrogens with one attached hydrogen (secondary N) is 2. The van der Waals surface area contributed by atoms with Crippen LogP contribution in [-0.4, -0.2) is 25.9 Å². The van der Waals surface area contributed by atoms with Crippen LogP contribution >= 0.6 is 12.8 Å². The molecular weight excluding hydrogens is 160 g/mol. The van der Waals surface area contributed by atoms with Crippen LogP contribution in [0.4, 0.5) is 0 Å². The molecule has 0 radical (unpaired) electrons. The number of rotatable bonds is 7. The van der Waals surface area contributed by atoms with Gasteiger partial charge in [0.1, 0.15) is 6.29 Å². The third kappa shape index (κ3) is 6.34. The largest absolute Gasteiger partial charge is 0.320 e. The Morgan fingerprint density at radius 1 is 1.55 bits per heavy atom. The fourth-order valence-electron chi connectivity index (χ4n) is 0.829. The van der Waals surface area contributed by atoms with E-state index in [4.69, 9.17) is 0 Å². The van der Waals surface area contributed by atoms with E-state index in [0.717, 1.165) is 32.1 Å². The lowest BCUT2D eigenvalue weighted by molar-refractivity contribution is -0.109. The minimum Gasteiger partial charge on any atom is -0.320 e. The zero-order valence-corrected chi connectivity index (χ0v) is 7.73. The molecule has 0 bridgehead atoms. The highest BCUT2D eigenvalue weighted by atomic mass is 32.1. The zero-order chi connectivity index (χ0) is 8.53. The number of thiol groups is 1. The summed E-state index contributed by atoms with van der Waals surface area (Å²) in [6.07, 6.45) is 3.93. The van der Waals surface area contributed by atoms with Crippen molar-refractivity contribution in [1.82, 2.24) is 10.0 Å². The van der Waals surface area contributed by atoms with E-state index in [2.05, 4.69) is 22.9 Å². The van der Waals surface area contributed by atoms with Crippen LogP contribution in [0, 0.1) is 0 Å². The van der Waals surface area contributed by atoms with Crippen LogP contribution in [0.3, 0.4) is 0 Å². The first-order chi connectivity index (χ1) is 5.35. The lowest BCUT2D eigenvalue weighted by atomic mass is 10.1. The van der Waals surface area contributed by atoms with Crippen molar-refractivity contribution in [3.63, 3.8) is 0 Å². The molecule has 0 aromatic rings. The number of hydrogen-bond donors (Lipinski definition) is 3. The van der Waals surface area contributed by atoms with Crippen LogP contribution in [0.15, 0.2) is 0 Å². The average molecular weight is 176 g/mol. The molecule has 0 aromatic carbocycles. The van der Waals surface area contributed by atoms with Gasteiger partial charge in [0.15, 0.2) is 0 Å². The molecular formula is C7H16N2OS. The standard InChI is InChI=1S/C7H16N2OS/c1-8-5-3-2-4-7(6-10)9-11/h6-9,11H,2-5H2,1H3/t7-/m0/s1. The predicted molar refractivity (Wildman–Crippen MR) is 49.8 cm³/mol. The first-order valence-electron chi connectivity index (χ1n) is 3.84. The Morgan fingerprint density at radius 3 is 2.73 bits per heavy atom. The number of hydrogen-bond acceptors (Lipinski definition) is 4. The van der Waals surface area contributed by atoms with Gasteiger partial charge in [-0.2, -0.15) is 0 Å². The lowest BCUT2D eigenvalue weighted by Gasteiger charge is -2.06. The highest BCUT2D eigenvalue weighted by Crippen LogP contribution is 1.98. The molecule has 0 heterocycles. The molecule has 0 saturated carbocycles. The van der Waals surface area contributed by atoms with Gasteiger partial charge < -0.3 is 10.1 Å². The molecule has 11 heavy (non-hydrogen) atoms. The van der Waals surface area contributed by atoms with Crippen molar-refractivity contribution in [2.45, 2.75) is 25.3 Å². The summed E-state index contributed by atoms with van der Waals surface area (Å²) < 4.78 is 2.63. The van der Waals surface area contributed by atoms with E-state index in [9.17, 15) is 4.79 Å². The maximum Gasteiger partial charge on any atom is 0.137 e. The summed E-state index contributed by atoms with van der Waals surface area (Å²) in [6, 6.07) is -0.0878. The smallest absolute Gasteiger partial charge is 0.137 e. The van der Waals surface area contributed by atoms with Crippen LogP contribution in [-0.2, 0) is 4.79 Å². The van der Waals surface area contributed by atoms with E-state index in [1.807, 2.05) is 7.05 Å². The van der Waals surface area contributed by atoms with E-state index < -0.39 is 0 Å². The van der Waals surface area contributed by atoms with Crippen LogP contribution in [0.25, 0.3) is 0 Å². The lowest BCUT2D eigenvalue weighted by Crippen LogP contribution is -2.22. The fourth-order valence-corrected chi connectivity index (χ4v) is 1.02. The zero-order valence-electron chi connectivity index (χ0n) is 6.84. The molecule has 0 spiro atoms. The second-order valence-electron chi connectivity index (χ2n) is 2.47. The first-order valence-corrected chi connectivity index (χ1v) is 4.29. The third-order valence-corrected chi connectivity index (χ3v) is 1.85. The molecule has 2 N–H and O–H groups in total. The molecule has 4 heteroatoms. The third-order valence-electron chi connectivity index (χ3n) is 1.52. The minimum absolute atomic E-state index is 0.0878. The van der Waals surface area contributed by atoms with Crippen molar-refractivity contribution in [3.8, 4) is 0 Å². The van der Waals surface area contributed by atoms with Crippen LogP contribution in [0.1, 0.15) is 19.3 Å². The van der Waals surface area contributed by atoms with Gasteiger partial charge in [-0.15, -0.1) is 0 Å². The van der Waals surface area contributed by atoms with Crippen molar-refractivity contribution >= 4 is 19.1 Å². The summed E-state index contributed by atoms with van der Waals surface area (Å²) in [4.78, 5) is 10.3. The summed E-state index contributed by atoms with van der Waals surface area (Å²) in [5.41, 5.74) is 0. The van der Waals surface area contributed by atoms with Crippen LogP contribution in [0.2, 0.25) is 0 Å². The normalized spacial score (nSPS) is 12.9. The topological polar surface area (TPSA) is 41.1 Å². The Kier molecular flexibility index (Phi) is 8.00. The Morgan fingerprint density at radius 2 is 2.27 bits per heavy atom. The van der Waals surface area contributed by atoms with Crippen molar-refractivity contribution < 1.29 is 4.79 Å². The monoisotopic (exact) mass is 176 g/mol. The quantitative estimate of drug-likeness (QED) is 0.298. The Bertz CT molecular complexity index is 100. The van der Waals surface area contributed by atoms with Gasteiger partial charge in [0, 0.05) is 0 Å². The van der Waals surface area contributed by atoms with Gasteiger partial charge in [-0.25, -0.2) is 0 Å². The van der Waals surface area contributed by atoms with Gasteiger partial charge >= 0.3 is 0 Å². The van der Waals surface area contributed by atoms with E-state index >= 15 is 0 Å². The summed E-state index contributed by atoms with van der Waals surface area (Å²) in [5.74, 6) is 0. The van der Waals surface area contributed by atoms with Gasteiger partial charge in [0.2, 0.25) is 0 Å². The molecule has 0 saturated heterocycles. The minimum atomic E-state index is -0.0878. The molecule has 0 rings (SSSR count). The SMILES string of the molecule is CNCCCC[C@@H](C=O)NS. The highest BCUT2D eigenvalue weighted by molar-refractivity contribution is 7.78. The molecule has 3 nitrogen and oxygen atoms in total. The molecule has 0 amide bonds. The maximum absolute atomic E-state index is 10.3. The van der Waals surface area contributed by atoms with E-state index in [1.54, 1.807) is 0 Å². The molecule has 0 aliphatic rings. The fraction of sp³-hybridized carbons (Fsp3) is 0.857. The number of aldehydes is 1. The van der Waals surface area contributed by atoms with Gasteiger partial charge in [0.05, 0.1) is 6.04 Å². The molecule has 0 unspecified atom stereocenters. The van der Waals surface area contributed by atoms with Gasteiger partial charge in [-0.1, -0.05) is 19.2 Å². The summed E-state index contributed by atoms with van der Waals surface area (Å²) in [5, 5.41) is 3.05. The molecule has 1 atom stereocenters. The number of unbranched alkanes of at least 4 members (excludes halogenated alkanes) is 1. The summed E-state index contributed by atoms with van der Waals surface area (Å²) in [7, 11) is 1.92. The molecule has 0 fully saturated rings. The highest BCUT2D eigenvalue weighted by Gasteiger charge is 2.02. The van der Waals surface area contributed by atoms with Crippen LogP contribution < -0.4 is 10.0 Å². The van der Waals surface area contributed by atoms with Gasteiger partial charge in [-0.3, -0.25) is 4.72 Å². The summed E-state index contributed by atoms with van der Waals surface area (Å²) >= 11 is 3.82. The van der Waals surface area contributed by atoms with E-state index in [-0.39, 0.29) is 6.04 Å².